The monoisotopic (exact) mass is 352 g/mol. The molecule has 140 valence electrons. The van der Waals surface area contributed by atoms with Gasteiger partial charge in [0.1, 0.15) is 11.5 Å². The van der Waals surface area contributed by atoms with Crippen molar-refractivity contribution in [2.45, 2.75) is 65.2 Å². The summed E-state index contributed by atoms with van der Waals surface area (Å²) in [4.78, 5) is 0. The number of phenols is 2. The highest BCUT2D eigenvalue weighted by Gasteiger charge is 2.22. The van der Waals surface area contributed by atoms with E-state index < -0.39 is 0 Å². The van der Waals surface area contributed by atoms with E-state index in [0.29, 0.717) is 17.9 Å². The summed E-state index contributed by atoms with van der Waals surface area (Å²) in [5.74, 6) is 0.719. The van der Waals surface area contributed by atoms with Crippen molar-refractivity contribution in [1.82, 2.24) is 0 Å². The lowest BCUT2D eigenvalue weighted by atomic mass is 9.82. The van der Waals surface area contributed by atoms with Crippen molar-refractivity contribution >= 4 is 0 Å². The molecule has 2 nitrogen and oxygen atoms in total. The molecule has 0 spiro atoms. The molecule has 0 unspecified atom stereocenters. The summed E-state index contributed by atoms with van der Waals surface area (Å²) in [5, 5.41) is 20.8. The quantitative estimate of drug-likeness (QED) is 0.661. The molecule has 0 atom stereocenters. The molecule has 0 aliphatic heterocycles. The summed E-state index contributed by atoms with van der Waals surface area (Å²) in [5.41, 5.74) is 4.90. The topological polar surface area (TPSA) is 40.5 Å². The van der Waals surface area contributed by atoms with Gasteiger partial charge >= 0.3 is 0 Å². The lowest BCUT2D eigenvalue weighted by Gasteiger charge is -2.24. The zero-order chi connectivity index (χ0) is 19.7. The predicted molar refractivity (Wildman–Crippen MR) is 110 cm³/mol. The van der Waals surface area contributed by atoms with Gasteiger partial charge in [0.15, 0.2) is 0 Å². The maximum atomic E-state index is 10.7. The van der Waals surface area contributed by atoms with E-state index in [1.54, 1.807) is 6.07 Å². The first-order valence-corrected chi connectivity index (χ1v) is 9.22. The second kappa shape index (κ2) is 7.19. The molecule has 0 saturated carbocycles. The van der Waals surface area contributed by atoms with Crippen LogP contribution in [0.5, 0.6) is 11.5 Å². The van der Waals surface area contributed by atoms with E-state index in [2.05, 4.69) is 66.3 Å². The van der Waals surface area contributed by atoms with Crippen LogP contribution >= 0.6 is 0 Å². The molecule has 0 saturated heterocycles. The number of benzene rings is 2. The van der Waals surface area contributed by atoms with Crippen LogP contribution in [0.3, 0.4) is 0 Å². The average molecular weight is 353 g/mol. The van der Waals surface area contributed by atoms with E-state index in [1.165, 1.54) is 0 Å². The molecular weight excluding hydrogens is 320 g/mol. The van der Waals surface area contributed by atoms with E-state index in [1.807, 2.05) is 12.1 Å². The Balaban J connectivity index is 2.50. The van der Waals surface area contributed by atoms with E-state index >= 15 is 0 Å². The van der Waals surface area contributed by atoms with Crippen LogP contribution in [0.2, 0.25) is 0 Å². The van der Waals surface area contributed by atoms with Crippen molar-refractivity contribution in [2.24, 2.45) is 0 Å². The second-order valence-electron chi connectivity index (χ2n) is 9.17. The van der Waals surface area contributed by atoms with Crippen LogP contribution in [0.25, 0.3) is 0 Å². The summed E-state index contributed by atoms with van der Waals surface area (Å²) in [7, 11) is 0. The Morgan fingerprint density at radius 1 is 0.846 bits per heavy atom. The van der Waals surface area contributed by atoms with Crippen molar-refractivity contribution in [2.75, 3.05) is 0 Å². The minimum atomic E-state index is -0.137. The highest BCUT2D eigenvalue weighted by molar-refractivity contribution is 5.49. The molecule has 2 rings (SSSR count). The van der Waals surface area contributed by atoms with Gasteiger partial charge in [-0.3, -0.25) is 0 Å². The Bertz CT molecular complexity index is 802. The van der Waals surface area contributed by atoms with Crippen LogP contribution in [0.1, 0.15) is 69.4 Å². The first kappa shape index (κ1) is 20.1. The molecule has 0 aliphatic carbocycles. The molecule has 0 heterocycles. The third-order valence-corrected chi connectivity index (χ3v) is 4.70. The first-order chi connectivity index (χ1) is 11.9. The van der Waals surface area contributed by atoms with E-state index in [9.17, 15) is 10.2 Å². The van der Waals surface area contributed by atoms with Gasteiger partial charge in [0.25, 0.3) is 0 Å². The number of phenolic OH excluding ortho intramolecular Hbond substituents is 2. The highest BCUT2D eigenvalue weighted by atomic mass is 16.3. The molecule has 2 N–H and O–H groups in total. The molecule has 0 fully saturated rings. The normalized spacial score (nSPS) is 12.2. The zero-order valence-corrected chi connectivity index (χ0v) is 17.0. The van der Waals surface area contributed by atoms with Gasteiger partial charge in [-0.1, -0.05) is 71.9 Å². The molecule has 0 bridgehead atoms. The number of aromatic hydroxyl groups is 2. The lowest BCUT2D eigenvalue weighted by molar-refractivity contribution is 0.441. The molecule has 2 heteroatoms. The van der Waals surface area contributed by atoms with Crippen LogP contribution in [0.4, 0.5) is 0 Å². The Labute approximate surface area is 158 Å². The predicted octanol–water partition coefficient (Wildman–Crippen LogP) is 6.01. The van der Waals surface area contributed by atoms with Crippen molar-refractivity contribution in [1.29, 1.82) is 0 Å². The Morgan fingerprint density at radius 3 is 1.96 bits per heavy atom. The van der Waals surface area contributed by atoms with Gasteiger partial charge in [-0.2, -0.15) is 0 Å². The highest BCUT2D eigenvalue weighted by Crippen LogP contribution is 2.36. The number of allylic oxidation sites excluding steroid dienone is 1. The second-order valence-corrected chi connectivity index (χ2v) is 9.17. The van der Waals surface area contributed by atoms with Crippen LogP contribution in [0, 0.1) is 0 Å². The van der Waals surface area contributed by atoms with Crippen LogP contribution in [0.15, 0.2) is 43.0 Å². The van der Waals surface area contributed by atoms with Gasteiger partial charge in [-0.05, 0) is 57.6 Å². The average Bonchev–Trinajstić information content (AvgIpc) is 2.50. The Hall–Kier alpha value is -2.22. The number of rotatable bonds is 4. The molecule has 0 aliphatic rings. The van der Waals surface area contributed by atoms with Gasteiger partial charge in [-0.25, -0.2) is 0 Å². The van der Waals surface area contributed by atoms with E-state index in [-0.39, 0.29) is 10.8 Å². The smallest absolute Gasteiger partial charge is 0.122 e. The van der Waals surface area contributed by atoms with Crippen molar-refractivity contribution in [3.05, 3.63) is 70.8 Å². The molecule has 2 aromatic carbocycles. The van der Waals surface area contributed by atoms with Crippen molar-refractivity contribution < 1.29 is 10.2 Å². The van der Waals surface area contributed by atoms with Gasteiger partial charge in [-0.15, -0.1) is 6.58 Å². The summed E-state index contributed by atoms with van der Waals surface area (Å²) in [6.45, 7) is 16.5. The molecule has 0 amide bonds. The number of hydrogen-bond donors (Lipinski definition) is 2. The lowest BCUT2D eigenvalue weighted by Crippen LogP contribution is -2.13. The van der Waals surface area contributed by atoms with Crippen molar-refractivity contribution in [3.8, 4) is 11.5 Å². The maximum absolute atomic E-state index is 10.7. The largest absolute Gasteiger partial charge is 0.508 e. The molecule has 2 aromatic rings. The summed E-state index contributed by atoms with van der Waals surface area (Å²) in [6, 6.07) is 10.0. The summed E-state index contributed by atoms with van der Waals surface area (Å²) in [6.07, 6.45) is 3.23. The van der Waals surface area contributed by atoms with E-state index in [0.717, 1.165) is 34.2 Å². The summed E-state index contributed by atoms with van der Waals surface area (Å²) >= 11 is 0. The minimum Gasteiger partial charge on any atom is -0.508 e. The third kappa shape index (κ3) is 4.49. The third-order valence-electron chi connectivity index (χ3n) is 4.70. The summed E-state index contributed by atoms with van der Waals surface area (Å²) < 4.78 is 0. The Kier molecular flexibility index (Phi) is 5.55. The fraction of sp³-hybridized carbons (Fsp3) is 0.417. The number of hydrogen-bond acceptors (Lipinski definition) is 2. The molecule has 0 aromatic heterocycles. The molecule has 0 radical (unpaired) electrons. The van der Waals surface area contributed by atoms with Gasteiger partial charge in [0.05, 0.1) is 0 Å². The van der Waals surface area contributed by atoms with Gasteiger partial charge in [0, 0.05) is 0 Å². The minimum absolute atomic E-state index is 0.111. The first-order valence-electron chi connectivity index (χ1n) is 9.22. The van der Waals surface area contributed by atoms with Crippen molar-refractivity contribution in [3.63, 3.8) is 0 Å². The van der Waals surface area contributed by atoms with Crippen LogP contribution < -0.4 is 0 Å². The van der Waals surface area contributed by atoms with Gasteiger partial charge < -0.3 is 10.2 Å². The SMILES string of the molecule is C=CCc1cc(Cc2ccc(O)c(C(C)(C)C)c2)cc(C(C)(C)C)c1O. The molecule has 26 heavy (non-hydrogen) atoms. The van der Waals surface area contributed by atoms with Crippen LogP contribution in [-0.4, -0.2) is 10.2 Å². The van der Waals surface area contributed by atoms with E-state index in [4.69, 9.17) is 0 Å². The Morgan fingerprint density at radius 2 is 1.42 bits per heavy atom. The standard InChI is InChI=1S/C24H32O2/c1-8-9-18-13-17(15-20(22(18)26)24(5,6)7)12-16-10-11-21(25)19(14-16)23(2,3)4/h8,10-11,13-15,25-26H,1,9,12H2,2-7H3. The van der Waals surface area contributed by atoms with Gasteiger partial charge in [0.2, 0.25) is 0 Å². The molecular formula is C24H32O2. The fourth-order valence-electron chi connectivity index (χ4n) is 3.28. The van der Waals surface area contributed by atoms with Crippen LogP contribution in [-0.2, 0) is 23.7 Å². The maximum Gasteiger partial charge on any atom is 0.122 e. The fourth-order valence-corrected chi connectivity index (χ4v) is 3.28. The zero-order valence-electron chi connectivity index (χ0n) is 17.0.